The lowest BCUT2D eigenvalue weighted by Gasteiger charge is -2.16. The lowest BCUT2D eigenvalue weighted by Crippen LogP contribution is -2.31. The first kappa shape index (κ1) is 11.8. The highest BCUT2D eigenvalue weighted by Crippen LogP contribution is 2.22. The summed E-state index contributed by atoms with van der Waals surface area (Å²) in [5.41, 5.74) is 4.37. The molecule has 2 rings (SSSR count). The number of benzene rings is 1. The van der Waals surface area contributed by atoms with Crippen LogP contribution in [0.25, 0.3) is 0 Å². The minimum atomic E-state index is -1.05. The van der Waals surface area contributed by atoms with E-state index < -0.39 is 29.2 Å². The van der Waals surface area contributed by atoms with Crippen LogP contribution < -0.4 is 5.73 Å². The molecule has 1 atom stereocenters. The van der Waals surface area contributed by atoms with Crippen LogP contribution in [-0.4, -0.2) is 35.1 Å². The SMILES string of the molecule is Nc1ccc(F)c(C(=O)N2CCC(O)C2)c1F. The highest BCUT2D eigenvalue weighted by molar-refractivity contribution is 5.95. The smallest absolute Gasteiger partial charge is 0.260 e. The van der Waals surface area contributed by atoms with Crippen molar-refractivity contribution < 1.29 is 18.7 Å². The van der Waals surface area contributed by atoms with Crippen molar-refractivity contribution in [2.75, 3.05) is 18.8 Å². The average Bonchev–Trinajstić information content (AvgIpc) is 2.71. The summed E-state index contributed by atoms with van der Waals surface area (Å²) in [5.74, 6) is -2.76. The standard InChI is InChI=1S/C11H12F2N2O2/c12-7-1-2-8(14)10(13)9(7)11(17)15-4-3-6(16)5-15/h1-2,6,16H,3-5,14H2. The van der Waals surface area contributed by atoms with Gasteiger partial charge in [0.25, 0.3) is 5.91 Å². The topological polar surface area (TPSA) is 66.6 Å². The summed E-state index contributed by atoms with van der Waals surface area (Å²) < 4.78 is 27.0. The Balaban J connectivity index is 2.34. The number of hydrogen-bond donors (Lipinski definition) is 2. The van der Waals surface area contributed by atoms with E-state index in [9.17, 15) is 18.7 Å². The Bertz CT molecular complexity index is 465. The van der Waals surface area contributed by atoms with Gasteiger partial charge in [0.05, 0.1) is 11.8 Å². The zero-order valence-electron chi connectivity index (χ0n) is 8.99. The molecule has 0 saturated carbocycles. The quantitative estimate of drug-likeness (QED) is 0.714. The molecule has 1 fully saturated rings. The number of halogens is 2. The number of rotatable bonds is 1. The lowest BCUT2D eigenvalue weighted by atomic mass is 10.1. The molecule has 1 aromatic carbocycles. The van der Waals surface area contributed by atoms with Crippen molar-refractivity contribution >= 4 is 11.6 Å². The number of likely N-dealkylation sites (tertiary alicyclic amines) is 1. The summed E-state index contributed by atoms with van der Waals surface area (Å²) in [6, 6.07) is 2.03. The monoisotopic (exact) mass is 242 g/mol. The van der Waals surface area contributed by atoms with Crippen LogP contribution in [0, 0.1) is 11.6 Å². The molecule has 3 N–H and O–H groups in total. The van der Waals surface area contributed by atoms with E-state index in [0.717, 1.165) is 12.1 Å². The Labute approximate surface area is 96.6 Å². The minimum absolute atomic E-state index is 0.0898. The van der Waals surface area contributed by atoms with Crippen LogP contribution in [0.4, 0.5) is 14.5 Å². The molecule has 0 bridgehead atoms. The third-order valence-electron chi connectivity index (χ3n) is 2.79. The average molecular weight is 242 g/mol. The van der Waals surface area contributed by atoms with Crippen molar-refractivity contribution in [1.29, 1.82) is 0 Å². The van der Waals surface area contributed by atoms with Crippen LogP contribution in [-0.2, 0) is 0 Å². The van der Waals surface area contributed by atoms with Crippen LogP contribution in [0.1, 0.15) is 16.8 Å². The maximum atomic E-state index is 13.6. The van der Waals surface area contributed by atoms with Crippen LogP contribution in [0.2, 0.25) is 0 Å². The Kier molecular flexibility index (Phi) is 2.97. The van der Waals surface area contributed by atoms with Gasteiger partial charge in [-0.25, -0.2) is 8.78 Å². The molecular formula is C11H12F2N2O2. The number of amides is 1. The maximum absolute atomic E-state index is 13.6. The number of β-amino-alcohol motifs (C(OH)–C–C–N with tert-alkyl or cyclic N) is 1. The first-order valence-corrected chi connectivity index (χ1v) is 5.21. The van der Waals surface area contributed by atoms with E-state index in [0.29, 0.717) is 6.42 Å². The first-order valence-electron chi connectivity index (χ1n) is 5.21. The number of nitrogen functional groups attached to an aromatic ring is 1. The number of carbonyl (C=O) groups excluding carboxylic acids is 1. The largest absolute Gasteiger partial charge is 0.396 e. The van der Waals surface area contributed by atoms with Gasteiger partial charge < -0.3 is 15.7 Å². The number of aliphatic hydroxyl groups excluding tert-OH is 1. The minimum Gasteiger partial charge on any atom is -0.396 e. The predicted molar refractivity (Wildman–Crippen MR) is 57.3 cm³/mol. The Morgan fingerprint density at radius 1 is 1.47 bits per heavy atom. The molecule has 0 aromatic heterocycles. The summed E-state index contributed by atoms with van der Waals surface area (Å²) in [6.07, 6.45) is -0.219. The maximum Gasteiger partial charge on any atom is 0.260 e. The number of aliphatic hydroxyl groups is 1. The molecule has 92 valence electrons. The molecule has 6 heteroatoms. The number of hydrogen-bond acceptors (Lipinski definition) is 3. The van der Waals surface area contributed by atoms with Gasteiger partial charge in [-0.3, -0.25) is 4.79 Å². The number of carbonyl (C=O) groups is 1. The summed E-state index contributed by atoms with van der Waals surface area (Å²) in [7, 11) is 0. The predicted octanol–water partition coefficient (Wildman–Crippen LogP) is 0.754. The summed E-state index contributed by atoms with van der Waals surface area (Å²) in [4.78, 5) is 13.1. The van der Waals surface area contributed by atoms with E-state index >= 15 is 0 Å². The number of anilines is 1. The van der Waals surface area contributed by atoms with Crippen LogP contribution in [0.15, 0.2) is 12.1 Å². The summed E-state index contributed by atoms with van der Waals surface area (Å²) >= 11 is 0. The molecule has 1 unspecified atom stereocenters. The molecule has 1 amide bonds. The van der Waals surface area contributed by atoms with Gasteiger partial charge in [0.1, 0.15) is 11.4 Å². The molecule has 1 aliphatic heterocycles. The molecule has 0 aliphatic carbocycles. The van der Waals surface area contributed by atoms with Crippen molar-refractivity contribution in [2.24, 2.45) is 0 Å². The van der Waals surface area contributed by atoms with Gasteiger partial charge in [0.2, 0.25) is 0 Å². The van der Waals surface area contributed by atoms with Crippen molar-refractivity contribution in [3.05, 3.63) is 29.3 Å². The molecular weight excluding hydrogens is 230 g/mol. The van der Waals surface area contributed by atoms with Gasteiger partial charge in [-0.15, -0.1) is 0 Å². The van der Waals surface area contributed by atoms with E-state index in [-0.39, 0.29) is 18.8 Å². The van der Waals surface area contributed by atoms with Gasteiger partial charge >= 0.3 is 0 Å². The van der Waals surface area contributed by atoms with Crippen molar-refractivity contribution in [3.63, 3.8) is 0 Å². The van der Waals surface area contributed by atoms with Gasteiger partial charge in [0, 0.05) is 13.1 Å². The fourth-order valence-electron chi connectivity index (χ4n) is 1.85. The van der Waals surface area contributed by atoms with Crippen molar-refractivity contribution in [1.82, 2.24) is 4.90 Å². The van der Waals surface area contributed by atoms with Crippen LogP contribution >= 0.6 is 0 Å². The molecule has 1 saturated heterocycles. The highest BCUT2D eigenvalue weighted by atomic mass is 19.1. The van der Waals surface area contributed by atoms with E-state index in [4.69, 9.17) is 5.73 Å². The van der Waals surface area contributed by atoms with Gasteiger partial charge in [-0.05, 0) is 18.6 Å². The van der Waals surface area contributed by atoms with Gasteiger partial charge in [0.15, 0.2) is 5.82 Å². The van der Waals surface area contributed by atoms with Gasteiger partial charge in [-0.1, -0.05) is 0 Å². The molecule has 0 radical (unpaired) electrons. The molecule has 1 heterocycles. The second kappa shape index (κ2) is 4.29. The zero-order valence-corrected chi connectivity index (χ0v) is 8.99. The van der Waals surface area contributed by atoms with E-state index in [1.165, 1.54) is 4.90 Å². The fourth-order valence-corrected chi connectivity index (χ4v) is 1.85. The highest BCUT2D eigenvalue weighted by Gasteiger charge is 2.29. The summed E-state index contributed by atoms with van der Waals surface area (Å²) in [6.45, 7) is 0.375. The summed E-state index contributed by atoms with van der Waals surface area (Å²) in [5, 5.41) is 9.28. The third kappa shape index (κ3) is 2.08. The Morgan fingerprint density at radius 2 is 2.18 bits per heavy atom. The molecule has 0 spiro atoms. The normalized spacial score (nSPS) is 19.7. The molecule has 1 aliphatic rings. The Hall–Kier alpha value is -1.69. The second-order valence-electron chi connectivity index (χ2n) is 4.02. The van der Waals surface area contributed by atoms with Crippen LogP contribution in [0.5, 0.6) is 0 Å². The number of nitrogens with two attached hydrogens (primary N) is 1. The third-order valence-corrected chi connectivity index (χ3v) is 2.79. The molecule has 4 nitrogen and oxygen atoms in total. The van der Waals surface area contributed by atoms with Crippen LogP contribution in [0.3, 0.4) is 0 Å². The second-order valence-corrected chi connectivity index (χ2v) is 4.02. The van der Waals surface area contributed by atoms with Crippen molar-refractivity contribution in [3.8, 4) is 0 Å². The number of nitrogens with zero attached hydrogens (tertiary/aromatic N) is 1. The fraction of sp³-hybridized carbons (Fsp3) is 0.364. The van der Waals surface area contributed by atoms with E-state index in [2.05, 4.69) is 0 Å². The van der Waals surface area contributed by atoms with Crippen molar-refractivity contribution in [2.45, 2.75) is 12.5 Å². The molecule has 1 aromatic rings. The Morgan fingerprint density at radius 3 is 2.76 bits per heavy atom. The lowest BCUT2D eigenvalue weighted by molar-refractivity contribution is 0.0755. The van der Waals surface area contributed by atoms with Gasteiger partial charge in [-0.2, -0.15) is 0 Å². The first-order chi connectivity index (χ1) is 8.00. The molecule has 17 heavy (non-hydrogen) atoms. The van der Waals surface area contributed by atoms with E-state index in [1.54, 1.807) is 0 Å². The van der Waals surface area contributed by atoms with E-state index in [1.807, 2.05) is 0 Å². The zero-order chi connectivity index (χ0) is 12.6.